The van der Waals surface area contributed by atoms with Gasteiger partial charge in [-0.2, -0.15) is 4.98 Å². The van der Waals surface area contributed by atoms with Crippen LogP contribution >= 0.6 is 0 Å². The molecule has 0 radical (unpaired) electrons. The third kappa shape index (κ3) is 6.95. The average Bonchev–Trinajstić information content (AvgIpc) is 3.43. The molecule has 224 valence electrons. The van der Waals surface area contributed by atoms with E-state index in [1.165, 1.54) is 12.1 Å². The second-order valence-electron chi connectivity index (χ2n) is 10.2. The Morgan fingerprint density at radius 1 is 1.00 bits per heavy atom. The van der Waals surface area contributed by atoms with Crippen LogP contribution in [-0.2, 0) is 6.54 Å². The first kappa shape index (κ1) is 29.6. The number of oxazole rings is 1. The molecule has 42 heavy (non-hydrogen) atoms. The van der Waals surface area contributed by atoms with E-state index in [-0.39, 0.29) is 25.1 Å². The molecule has 3 aromatic carbocycles. The zero-order valence-electron chi connectivity index (χ0n) is 24.0. The summed E-state index contributed by atoms with van der Waals surface area (Å²) < 4.78 is 37.8. The smallest absolute Gasteiger partial charge is 0.298 e. The molecule has 10 heteroatoms. The molecule has 0 bridgehead atoms. The molecule has 1 atom stereocenters. The third-order valence-electron chi connectivity index (χ3n) is 7.21. The van der Waals surface area contributed by atoms with Crippen molar-refractivity contribution in [2.75, 3.05) is 44.4 Å². The van der Waals surface area contributed by atoms with Gasteiger partial charge in [0.2, 0.25) is 0 Å². The maximum absolute atomic E-state index is 13.7. The largest absolute Gasteiger partial charge is 0.493 e. The number of rotatable bonds is 13. The molecule has 0 aliphatic carbocycles. The standard InChI is InChI=1S/C32H38FN3O6/c1-3-39-29-15-21(16-30(40-4-2)31(29)22-5-7-23(33)8-6-22)18-36(24-11-13-34-14-12-24)32-35-27-17-26(9-10-28(27)42-32)41-20-25(38)19-37/h5-10,15-17,24-25,34,37-38H,3-4,11-14,18-20H2,1-2H3. The highest BCUT2D eigenvalue weighted by Crippen LogP contribution is 2.41. The van der Waals surface area contributed by atoms with Gasteiger partial charge < -0.3 is 39.1 Å². The second-order valence-corrected chi connectivity index (χ2v) is 10.2. The van der Waals surface area contributed by atoms with Crippen molar-refractivity contribution in [1.29, 1.82) is 0 Å². The molecular formula is C32H38FN3O6. The highest BCUT2D eigenvalue weighted by atomic mass is 19.1. The minimum Gasteiger partial charge on any atom is -0.493 e. The van der Waals surface area contributed by atoms with Crippen LogP contribution in [0.5, 0.6) is 17.2 Å². The predicted molar refractivity (Wildman–Crippen MR) is 159 cm³/mol. The highest BCUT2D eigenvalue weighted by molar-refractivity contribution is 5.78. The quantitative estimate of drug-likeness (QED) is 0.203. The summed E-state index contributed by atoms with van der Waals surface area (Å²) >= 11 is 0. The lowest BCUT2D eigenvalue weighted by molar-refractivity contribution is 0.0536. The number of hydrogen-bond acceptors (Lipinski definition) is 9. The van der Waals surface area contributed by atoms with Crippen LogP contribution in [0, 0.1) is 5.82 Å². The summed E-state index contributed by atoms with van der Waals surface area (Å²) in [6, 6.07) is 16.4. The molecule has 9 nitrogen and oxygen atoms in total. The van der Waals surface area contributed by atoms with Gasteiger partial charge in [-0.25, -0.2) is 4.39 Å². The van der Waals surface area contributed by atoms with Crippen LogP contribution in [0.25, 0.3) is 22.2 Å². The lowest BCUT2D eigenvalue weighted by Crippen LogP contribution is -2.43. The Balaban J connectivity index is 1.51. The molecule has 2 heterocycles. The van der Waals surface area contributed by atoms with Gasteiger partial charge in [0.05, 0.1) is 25.4 Å². The van der Waals surface area contributed by atoms with Crippen molar-refractivity contribution in [1.82, 2.24) is 10.3 Å². The van der Waals surface area contributed by atoms with E-state index >= 15 is 0 Å². The van der Waals surface area contributed by atoms with E-state index < -0.39 is 6.10 Å². The maximum Gasteiger partial charge on any atom is 0.298 e. The van der Waals surface area contributed by atoms with Crippen LogP contribution in [0.2, 0.25) is 0 Å². The molecule has 1 saturated heterocycles. The zero-order chi connectivity index (χ0) is 29.5. The van der Waals surface area contributed by atoms with Crippen molar-refractivity contribution >= 4 is 17.1 Å². The molecule has 0 amide bonds. The number of piperidine rings is 1. The maximum atomic E-state index is 13.7. The summed E-state index contributed by atoms with van der Waals surface area (Å²) in [6.07, 6.45) is 0.897. The number of aliphatic hydroxyl groups is 2. The fraction of sp³-hybridized carbons (Fsp3) is 0.406. The number of nitrogens with one attached hydrogen (secondary N) is 1. The summed E-state index contributed by atoms with van der Waals surface area (Å²) in [5.74, 6) is 1.56. The monoisotopic (exact) mass is 579 g/mol. The minimum absolute atomic E-state index is 0.0217. The number of ether oxygens (including phenoxy) is 3. The summed E-state index contributed by atoms with van der Waals surface area (Å²) in [4.78, 5) is 7.02. The lowest BCUT2D eigenvalue weighted by Gasteiger charge is -2.34. The Morgan fingerprint density at radius 3 is 2.33 bits per heavy atom. The van der Waals surface area contributed by atoms with E-state index in [0.717, 1.165) is 42.6 Å². The summed E-state index contributed by atoms with van der Waals surface area (Å²) in [6.45, 7) is 6.70. The van der Waals surface area contributed by atoms with Crippen LogP contribution in [0.15, 0.2) is 59.0 Å². The van der Waals surface area contributed by atoms with Crippen molar-refractivity contribution in [3.63, 3.8) is 0 Å². The van der Waals surface area contributed by atoms with E-state index in [1.807, 2.05) is 26.0 Å². The zero-order valence-corrected chi connectivity index (χ0v) is 24.0. The first-order valence-electron chi connectivity index (χ1n) is 14.5. The van der Waals surface area contributed by atoms with Crippen molar-refractivity contribution in [3.8, 4) is 28.4 Å². The van der Waals surface area contributed by atoms with Gasteiger partial charge in [0.15, 0.2) is 5.58 Å². The highest BCUT2D eigenvalue weighted by Gasteiger charge is 2.27. The number of anilines is 1. The number of benzene rings is 3. The number of hydrogen-bond donors (Lipinski definition) is 3. The number of aliphatic hydroxyl groups excluding tert-OH is 2. The summed E-state index contributed by atoms with van der Waals surface area (Å²) in [5.41, 5.74) is 3.83. The SMILES string of the molecule is CCOc1cc(CN(c2nc3cc(OCC(O)CO)ccc3o2)C2CCNCC2)cc(OCC)c1-c1ccc(F)cc1. The first-order chi connectivity index (χ1) is 20.5. The number of fused-ring (bicyclic) bond motifs is 1. The summed E-state index contributed by atoms with van der Waals surface area (Å²) in [5, 5.41) is 22.1. The number of nitrogens with zero attached hydrogens (tertiary/aromatic N) is 2. The Morgan fingerprint density at radius 2 is 1.69 bits per heavy atom. The fourth-order valence-electron chi connectivity index (χ4n) is 5.20. The van der Waals surface area contributed by atoms with Gasteiger partial charge in [-0.05, 0) is 87.3 Å². The van der Waals surface area contributed by atoms with Crippen LogP contribution in [0.4, 0.5) is 10.4 Å². The van der Waals surface area contributed by atoms with Gasteiger partial charge in [0.1, 0.15) is 41.3 Å². The number of aromatic nitrogens is 1. The Hall–Kier alpha value is -3.86. The topological polar surface area (TPSA) is 109 Å². The summed E-state index contributed by atoms with van der Waals surface area (Å²) in [7, 11) is 0. The molecule has 1 fully saturated rings. The van der Waals surface area contributed by atoms with Crippen molar-refractivity contribution < 1.29 is 33.2 Å². The molecule has 3 N–H and O–H groups in total. The Kier molecular flexibility index (Phi) is 9.78. The van der Waals surface area contributed by atoms with E-state index in [2.05, 4.69) is 10.2 Å². The van der Waals surface area contributed by atoms with Gasteiger partial charge >= 0.3 is 0 Å². The molecule has 5 rings (SSSR count). The second kappa shape index (κ2) is 13.9. The normalized spacial score (nSPS) is 14.6. The molecule has 1 aromatic heterocycles. The van der Waals surface area contributed by atoms with Crippen LogP contribution in [0.1, 0.15) is 32.3 Å². The molecule has 1 unspecified atom stereocenters. The van der Waals surface area contributed by atoms with E-state index in [1.54, 1.807) is 30.3 Å². The minimum atomic E-state index is -0.957. The molecule has 1 aliphatic rings. The Bertz CT molecular complexity index is 1430. The average molecular weight is 580 g/mol. The van der Waals surface area contributed by atoms with Gasteiger partial charge in [-0.1, -0.05) is 12.1 Å². The van der Waals surface area contributed by atoms with Gasteiger partial charge in [0, 0.05) is 18.7 Å². The predicted octanol–water partition coefficient (Wildman–Crippen LogP) is 4.92. The molecule has 1 aliphatic heterocycles. The number of halogens is 1. The van der Waals surface area contributed by atoms with Gasteiger partial charge in [-0.15, -0.1) is 0 Å². The molecular weight excluding hydrogens is 541 g/mol. The van der Waals surface area contributed by atoms with Crippen LogP contribution in [0.3, 0.4) is 0 Å². The van der Waals surface area contributed by atoms with E-state index in [4.69, 9.17) is 28.7 Å². The molecule has 0 spiro atoms. The van der Waals surface area contributed by atoms with Crippen molar-refractivity contribution in [3.05, 3.63) is 66.0 Å². The van der Waals surface area contributed by atoms with Crippen molar-refractivity contribution in [2.45, 2.75) is 45.4 Å². The van der Waals surface area contributed by atoms with Gasteiger partial charge in [-0.3, -0.25) is 0 Å². The van der Waals surface area contributed by atoms with E-state index in [0.29, 0.717) is 54.1 Å². The van der Waals surface area contributed by atoms with Crippen LogP contribution in [-0.4, -0.2) is 66.9 Å². The third-order valence-corrected chi connectivity index (χ3v) is 7.21. The molecule has 4 aromatic rings. The van der Waals surface area contributed by atoms with Crippen LogP contribution < -0.4 is 24.4 Å². The molecule has 0 saturated carbocycles. The fourth-order valence-corrected chi connectivity index (χ4v) is 5.20. The van der Waals surface area contributed by atoms with E-state index in [9.17, 15) is 9.50 Å². The van der Waals surface area contributed by atoms with Crippen molar-refractivity contribution in [2.24, 2.45) is 0 Å². The lowest BCUT2D eigenvalue weighted by atomic mass is 9.99. The first-order valence-corrected chi connectivity index (χ1v) is 14.5. The Labute approximate surface area is 244 Å². The van der Waals surface area contributed by atoms with Gasteiger partial charge in [0.25, 0.3) is 6.01 Å².